The van der Waals surface area contributed by atoms with Gasteiger partial charge in [0.25, 0.3) is 5.91 Å². The van der Waals surface area contributed by atoms with Crippen molar-refractivity contribution in [3.63, 3.8) is 0 Å². The Balaban J connectivity index is 1.51. The van der Waals surface area contributed by atoms with Crippen LogP contribution >= 0.6 is 11.8 Å². The van der Waals surface area contributed by atoms with Crippen LogP contribution in [0, 0.1) is 0 Å². The van der Waals surface area contributed by atoms with E-state index in [9.17, 15) is 4.79 Å². The standard InChI is InChI=1S/C21H23N3O2S/c1-21(2)14-24(11-12-26-21)19(25)16-8-4-3-7-15(16)13-27-20-22-17-9-5-6-10-18(17)23-20/h3-10H,11-14H2,1-2H3,(H,22,23). The number of H-pyrrole nitrogens is 1. The third-order valence-electron chi connectivity index (χ3n) is 4.69. The number of amides is 1. The fourth-order valence-corrected chi connectivity index (χ4v) is 4.25. The Kier molecular flexibility index (Phi) is 4.93. The summed E-state index contributed by atoms with van der Waals surface area (Å²) in [6.45, 7) is 5.87. The monoisotopic (exact) mass is 381 g/mol. The SMILES string of the molecule is CC1(C)CN(C(=O)c2ccccc2CSc2nc3ccccc3[nH]2)CCO1. The number of morpholine rings is 1. The molecule has 0 bridgehead atoms. The van der Waals surface area contributed by atoms with Crippen molar-refractivity contribution in [2.24, 2.45) is 0 Å². The molecule has 0 saturated carbocycles. The van der Waals surface area contributed by atoms with Gasteiger partial charge in [0.15, 0.2) is 5.16 Å². The highest BCUT2D eigenvalue weighted by atomic mass is 32.2. The number of carbonyl (C=O) groups excluding carboxylic acids is 1. The van der Waals surface area contributed by atoms with Crippen molar-refractivity contribution in [2.75, 3.05) is 19.7 Å². The van der Waals surface area contributed by atoms with Crippen molar-refractivity contribution >= 4 is 28.7 Å². The predicted octanol–water partition coefficient (Wildman–Crippen LogP) is 4.11. The van der Waals surface area contributed by atoms with Gasteiger partial charge in [0.05, 0.1) is 23.2 Å². The Morgan fingerprint density at radius 1 is 1.22 bits per heavy atom. The highest BCUT2D eigenvalue weighted by molar-refractivity contribution is 7.98. The van der Waals surface area contributed by atoms with E-state index in [0.29, 0.717) is 25.4 Å². The molecule has 0 aliphatic carbocycles. The van der Waals surface area contributed by atoms with Crippen LogP contribution < -0.4 is 0 Å². The third kappa shape index (κ3) is 4.01. The van der Waals surface area contributed by atoms with Crippen LogP contribution in [0.4, 0.5) is 0 Å². The van der Waals surface area contributed by atoms with Crippen molar-refractivity contribution in [3.8, 4) is 0 Å². The Hall–Kier alpha value is -2.31. The Labute approximate surface area is 163 Å². The zero-order valence-corrected chi connectivity index (χ0v) is 16.4. The second-order valence-corrected chi connectivity index (χ2v) is 8.30. The second-order valence-electron chi connectivity index (χ2n) is 7.34. The number of carbonyl (C=O) groups is 1. The molecule has 1 saturated heterocycles. The largest absolute Gasteiger partial charge is 0.372 e. The molecular formula is C21H23N3O2S. The lowest BCUT2D eigenvalue weighted by atomic mass is 10.0. The molecule has 3 aromatic rings. The number of nitrogens with zero attached hydrogens (tertiary/aromatic N) is 2. The van der Waals surface area contributed by atoms with Gasteiger partial charge in [0.2, 0.25) is 0 Å². The quantitative estimate of drug-likeness (QED) is 0.691. The number of rotatable bonds is 4. The van der Waals surface area contributed by atoms with Gasteiger partial charge in [-0.2, -0.15) is 0 Å². The number of hydrogen-bond donors (Lipinski definition) is 1. The molecule has 1 aromatic heterocycles. The molecule has 0 spiro atoms. The number of para-hydroxylation sites is 2. The number of nitrogens with one attached hydrogen (secondary N) is 1. The van der Waals surface area contributed by atoms with E-state index in [1.165, 1.54) is 0 Å². The summed E-state index contributed by atoms with van der Waals surface area (Å²) in [5, 5.41) is 0.867. The van der Waals surface area contributed by atoms with Crippen molar-refractivity contribution < 1.29 is 9.53 Å². The summed E-state index contributed by atoms with van der Waals surface area (Å²) in [4.78, 5) is 22.9. The zero-order chi connectivity index (χ0) is 18.9. The molecule has 27 heavy (non-hydrogen) atoms. The van der Waals surface area contributed by atoms with Gasteiger partial charge in [-0.25, -0.2) is 4.98 Å². The Bertz CT molecular complexity index is 934. The third-order valence-corrected chi connectivity index (χ3v) is 5.61. The number of thioether (sulfide) groups is 1. The molecule has 1 fully saturated rings. The molecule has 0 unspecified atom stereocenters. The van der Waals surface area contributed by atoms with Crippen LogP contribution in [0.5, 0.6) is 0 Å². The number of fused-ring (bicyclic) bond motifs is 1. The molecule has 1 aliphatic heterocycles. The van der Waals surface area contributed by atoms with Gasteiger partial charge in [0.1, 0.15) is 0 Å². The van der Waals surface area contributed by atoms with E-state index in [0.717, 1.165) is 27.3 Å². The maximum atomic E-state index is 13.1. The number of aromatic nitrogens is 2. The minimum atomic E-state index is -0.300. The van der Waals surface area contributed by atoms with Gasteiger partial charge in [-0.15, -0.1) is 0 Å². The molecule has 5 nitrogen and oxygen atoms in total. The van der Waals surface area contributed by atoms with Crippen LogP contribution in [-0.4, -0.2) is 46.1 Å². The van der Waals surface area contributed by atoms with E-state index in [1.54, 1.807) is 11.8 Å². The molecule has 0 radical (unpaired) electrons. The smallest absolute Gasteiger partial charge is 0.254 e. The van der Waals surface area contributed by atoms with Crippen molar-refractivity contribution in [3.05, 3.63) is 59.7 Å². The first kappa shape index (κ1) is 18.1. The molecule has 140 valence electrons. The summed E-state index contributed by atoms with van der Waals surface area (Å²) in [5.74, 6) is 0.766. The zero-order valence-electron chi connectivity index (χ0n) is 15.6. The van der Waals surface area contributed by atoms with Crippen LogP contribution in [0.1, 0.15) is 29.8 Å². The first-order valence-electron chi connectivity index (χ1n) is 9.10. The van der Waals surface area contributed by atoms with Crippen molar-refractivity contribution in [1.29, 1.82) is 0 Å². The van der Waals surface area contributed by atoms with E-state index in [2.05, 4.69) is 9.97 Å². The summed E-state index contributed by atoms with van der Waals surface area (Å²) < 4.78 is 5.74. The first-order valence-corrected chi connectivity index (χ1v) is 10.1. The molecular weight excluding hydrogens is 358 g/mol. The van der Waals surface area contributed by atoms with Gasteiger partial charge >= 0.3 is 0 Å². The van der Waals surface area contributed by atoms with E-state index in [-0.39, 0.29) is 11.5 Å². The van der Waals surface area contributed by atoms with Crippen molar-refractivity contribution in [2.45, 2.75) is 30.4 Å². The molecule has 6 heteroatoms. The van der Waals surface area contributed by atoms with Gasteiger partial charge < -0.3 is 14.6 Å². The normalized spacial score (nSPS) is 16.6. The average molecular weight is 382 g/mol. The van der Waals surface area contributed by atoms with Crippen LogP contribution in [0.15, 0.2) is 53.7 Å². The summed E-state index contributed by atoms with van der Waals surface area (Å²) in [6.07, 6.45) is 0. The minimum absolute atomic E-state index is 0.0761. The van der Waals surface area contributed by atoms with Crippen LogP contribution in [-0.2, 0) is 10.5 Å². The van der Waals surface area contributed by atoms with Crippen LogP contribution in [0.3, 0.4) is 0 Å². The van der Waals surface area contributed by atoms with Gasteiger partial charge in [0, 0.05) is 24.4 Å². The predicted molar refractivity (Wildman–Crippen MR) is 108 cm³/mol. The van der Waals surface area contributed by atoms with Crippen LogP contribution in [0.25, 0.3) is 11.0 Å². The summed E-state index contributed by atoms with van der Waals surface area (Å²) in [7, 11) is 0. The molecule has 2 heterocycles. The lowest BCUT2D eigenvalue weighted by Crippen LogP contribution is -2.50. The highest BCUT2D eigenvalue weighted by Gasteiger charge is 2.31. The number of imidazole rings is 1. The number of benzene rings is 2. The van der Waals surface area contributed by atoms with Gasteiger partial charge in [-0.3, -0.25) is 4.79 Å². The number of hydrogen-bond acceptors (Lipinski definition) is 4. The highest BCUT2D eigenvalue weighted by Crippen LogP contribution is 2.26. The maximum absolute atomic E-state index is 13.1. The van der Waals surface area contributed by atoms with E-state index in [1.807, 2.05) is 67.3 Å². The molecule has 1 aliphatic rings. The lowest BCUT2D eigenvalue weighted by molar-refractivity contribution is -0.0764. The fourth-order valence-electron chi connectivity index (χ4n) is 3.36. The average Bonchev–Trinajstić information content (AvgIpc) is 3.08. The molecule has 2 aromatic carbocycles. The van der Waals surface area contributed by atoms with E-state index >= 15 is 0 Å². The second kappa shape index (κ2) is 7.37. The van der Waals surface area contributed by atoms with Gasteiger partial charge in [-0.1, -0.05) is 42.1 Å². The summed E-state index contributed by atoms with van der Waals surface area (Å²) in [5.41, 5.74) is 3.47. The Morgan fingerprint density at radius 2 is 2.00 bits per heavy atom. The fraction of sp³-hybridized carbons (Fsp3) is 0.333. The van der Waals surface area contributed by atoms with Crippen molar-refractivity contribution in [1.82, 2.24) is 14.9 Å². The van der Waals surface area contributed by atoms with Gasteiger partial charge in [-0.05, 0) is 37.6 Å². The Morgan fingerprint density at radius 3 is 2.81 bits per heavy atom. The molecule has 1 N–H and O–H groups in total. The summed E-state index contributed by atoms with van der Waals surface area (Å²) in [6, 6.07) is 15.8. The maximum Gasteiger partial charge on any atom is 0.254 e. The van der Waals surface area contributed by atoms with E-state index < -0.39 is 0 Å². The van der Waals surface area contributed by atoms with E-state index in [4.69, 9.17) is 4.74 Å². The molecule has 1 amide bonds. The number of aromatic amines is 1. The topological polar surface area (TPSA) is 58.2 Å². The number of ether oxygens (including phenoxy) is 1. The summed E-state index contributed by atoms with van der Waals surface area (Å²) >= 11 is 1.62. The minimum Gasteiger partial charge on any atom is -0.372 e. The van der Waals surface area contributed by atoms with Crippen LogP contribution in [0.2, 0.25) is 0 Å². The lowest BCUT2D eigenvalue weighted by Gasteiger charge is -2.38. The molecule has 4 rings (SSSR count). The first-order chi connectivity index (χ1) is 13.0. The molecule has 0 atom stereocenters.